The van der Waals surface area contributed by atoms with Crippen molar-refractivity contribution in [2.75, 3.05) is 36.5 Å². The van der Waals surface area contributed by atoms with E-state index in [1.165, 1.54) is 12.8 Å². The van der Waals surface area contributed by atoms with Gasteiger partial charge >= 0.3 is 0 Å². The lowest BCUT2D eigenvalue weighted by Crippen LogP contribution is -2.36. The maximum Gasteiger partial charge on any atom is 0.227 e. The Kier molecular flexibility index (Phi) is 10.6. The number of nitrogens with one attached hydrogen (secondary N) is 1. The quantitative estimate of drug-likeness (QED) is 0.225. The van der Waals surface area contributed by atoms with Crippen molar-refractivity contribution in [1.82, 2.24) is 9.97 Å². The molecular formula is C39H48N4O4. The van der Waals surface area contributed by atoms with E-state index in [0.717, 1.165) is 52.0 Å². The largest absolute Gasteiger partial charge is 0.440 e. The fourth-order valence-corrected chi connectivity index (χ4v) is 7.20. The summed E-state index contributed by atoms with van der Waals surface area (Å²) >= 11 is 0. The van der Waals surface area contributed by atoms with Gasteiger partial charge in [0.2, 0.25) is 5.95 Å². The lowest BCUT2D eigenvalue weighted by Gasteiger charge is -2.34. The van der Waals surface area contributed by atoms with Gasteiger partial charge in [-0.1, -0.05) is 52.7 Å². The van der Waals surface area contributed by atoms with Crippen molar-refractivity contribution in [2.24, 2.45) is 5.92 Å². The van der Waals surface area contributed by atoms with Gasteiger partial charge in [-0.25, -0.2) is 9.97 Å². The normalized spacial score (nSPS) is 18.9. The Morgan fingerprint density at radius 2 is 1.70 bits per heavy atom. The van der Waals surface area contributed by atoms with Crippen LogP contribution >= 0.6 is 0 Å². The molecule has 4 aromatic rings. The number of benzene rings is 2. The molecular weight excluding hydrogens is 588 g/mol. The molecule has 2 aliphatic carbocycles. The number of hydrogen-bond donors (Lipinski definition) is 1. The summed E-state index contributed by atoms with van der Waals surface area (Å²) in [5.74, 6) is 1.59. The predicted molar refractivity (Wildman–Crippen MR) is 192 cm³/mol. The van der Waals surface area contributed by atoms with Crippen molar-refractivity contribution in [3.63, 3.8) is 0 Å². The number of Topliss-reactive ketones (excluding diaryl/α,β-unsaturated/α-hetero) is 1. The van der Waals surface area contributed by atoms with Gasteiger partial charge in [0.1, 0.15) is 5.58 Å². The summed E-state index contributed by atoms with van der Waals surface area (Å²) in [7, 11) is 0. The Morgan fingerprint density at radius 3 is 2.40 bits per heavy atom. The number of allylic oxidation sites excluding steroid dienone is 1. The lowest BCUT2D eigenvalue weighted by atomic mass is 9.69. The van der Waals surface area contributed by atoms with Gasteiger partial charge in [-0.15, -0.1) is 0 Å². The van der Waals surface area contributed by atoms with E-state index in [9.17, 15) is 9.59 Å². The molecule has 2 aromatic heterocycles. The molecule has 3 aliphatic rings. The number of aryl methyl sites for hydroxylation is 1. The van der Waals surface area contributed by atoms with E-state index in [-0.39, 0.29) is 11.2 Å². The van der Waals surface area contributed by atoms with Crippen LogP contribution in [0.5, 0.6) is 0 Å². The van der Waals surface area contributed by atoms with Crippen LogP contribution < -0.4 is 15.6 Å². The number of anilines is 3. The third kappa shape index (κ3) is 6.75. The van der Waals surface area contributed by atoms with Crippen LogP contribution in [-0.4, -0.2) is 42.1 Å². The molecule has 0 bridgehead atoms. The Bertz CT molecular complexity index is 1830. The zero-order valence-electron chi connectivity index (χ0n) is 28.9. The highest BCUT2D eigenvalue weighted by atomic mass is 16.5. The zero-order chi connectivity index (χ0) is 33.7. The number of ketones is 1. The topological polar surface area (TPSA) is 97.6 Å². The Labute approximate surface area is 278 Å². The number of fused-ring (bicyclic) bond motifs is 2. The standard InChI is InChI=1S/C35H36N4O4.2C2H6/c1-21-14-24(23-8-9-28-30(41)19-32(43-31(28)18-23)39-10-12-42-13-11-39)16-27(15-21)37-34-36-20-25-17-29(22(2)40)35(3,33(25)38-34)26-6-4-5-7-26;2*1-2/h8-9,14-20,26H,4-7,10-13H2,1-3H3,(H,36,37,38);2*1-2H3. The summed E-state index contributed by atoms with van der Waals surface area (Å²) in [6.45, 7) is 16.5. The number of carbonyl (C=O) groups excluding carboxylic acids is 1. The molecule has 2 aromatic carbocycles. The molecule has 1 unspecified atom stereocenters. The van der Waals surface area contributed by atoms with Crippen molar-refractivity contribution in [2.45, 2.75) is 79.6 Å². The maximum absolute atomic E-state index is 12.9. The van der Waals surface area contributed by atoms with Crippen LogP contribution in [-0.2, 0) is 14.9 Å². The van der Waals surface area contributed by atoms with E-state index in [1.807, 2.05) is 58.2 Å². The van der Waals surface area contributed by atoms with Gasteiger partial charge in [0, 0.05) is 47.6 Å². The summed E-state index contributed by atoms with van der Waals surface area (Å²) in [5, 5.41) is 3.99. The number of ether oxygens (including phenoxy) is 1. The molecule has 1 saturated carbocycles. The van der Waals surface area contributed by atoms with Gasteiger partial charge in [-0.3, -0.25) is 9.59 Å². The molecule has 3 heterocycles. The van der Waals surface area contributed by atoms with Crippen molar-refractivity contribution < 1.29 is 13.9 Å². The minimum atomic E-state index is -0.399. The minimum absolute atomic E-state index is 0.0540. The van der Waals surface area contributed by atoms with Crippen molar-refractivity contribution >= 4 is 40.3 Å². The molecule has 7 rings (SSSR count). The zero-order valence-corrected chi connectivity index (χ0v) is 28.9. The van der Waals surface area contributed by atoms with Gasteiger partial charge < -0.3 is 19.4 Å². The second-order valence-corrected chi connectivity index (χ2v) is 12.3. The summed E-state index contributed by atoms with van der Waals surface area (Å²) in [6.07, 6.45) is 8.42. The molecule has 0 radical (unpaired) electrons. The first-order valence-corrected chi connectivity index (χ1v) is 17.2. The molecule has 248 valence electrons. The highest BCUT2D eigenvalue weighted by molar-refractivity contribution is 6.02. The van der Waals surface area contributed by atoms with Crippen molar-refractivity contribution in [3.05, 3.63) is 81.3 Å². The molecule has 0 amide bonds. The molecule has 8 heteroatoms. The van der Waals surface area contributed by atoms with Crippen LogP contribution in [0.2, 0.25) is 0 Å². The van der Waals surface area contributed by atoms with Gasteiger partial charge in [0.05, 0.1) is 24.3 Å². The van der Waals surface area contributed by atoms with E-state index < -0.39 is 5.41 Å². The Hall–Kier alpha value is -4.30. The van der Waals surface area contributed by atoms with Gasteiger partial charge in [-0.05, 0) is 86.6 Å². The first kappa shape index (κ1) is 34.0. The highest BCUT2D eigenvalue weighted by Gasteiger charge is 2.47. The van der Waals surface area contributed by atoms with E-state index in [1.54, 1.807) is 13.0 Å². The number of nitrogens with zero attached hydrogens (tertiary/aromatic N) is 3. The molecule has 1 N–H and O–H groups in total. The summed E-state index contributed by atoms with van der Waals surface area (Å²) in [4.78, 5) is 37.3. The molecule has 0 spiro atoms. The van der Waals surface area contributed by atoms with Crippen LogP contribution in [0.4, 0.5) is 17.5 Å². The van der Waals surface area contributed by atoms with Crippen molar-refractivity contribution in [3.8, 4) is 11.1 Å². The molecule has 47 heavy (non-hydrogen) atoms. The second kappa shape index (κ2) is 14.6. The summed E-state index contributed by atoms with van der Waals surface area (Å²) in [6, 6.07) is 13.5. The minimum Gasteiger partial charge on any atom is -0.440 e. The van der Waals surface area contributed by atoms with Crippen LogP contribution in [0.25, 0.3) is 28.2 Å². The van der Waals surface area contributed by atoms with Gasteiger partial charge in [0.25, 0.3) is 0 Å². The van der Waals surface area contributed by atoms with Crippen LogP contribution in [0.1, 0.15) is 84.0 Å². The third-order valence-corrected chi connectivity index (χ3v) is 9.43. The first-order valence-electron chi connectivity index (χ1n) is 17.2. The third-order valence-electron chi connectivity index (χ3n) is 9.43. The SMILES string of the molecule is CC.CC.CC(=O)C1=Cc2cnc(Nc3cc(C)cc(-c4ccc5c(=O)cc(N6CCOCC6)oc5c4)c3)nc2C1(C)C1CCCC1. The number of morpholine rings is 1. The molecule has 1 aliphatic heterocycles. The summed E-state index contributed by atoms with van der Waals surface area (Å²) < 4.78 is 11.7. The smallest absolute Gasteiger partial charge is 0.227 e. The number of rotatable bonds is 6. The fraction of sp³-hybridized carbons (Fsp3) is 0.436. The molecule has 8 nitrogen and oxygen atoms in total. The summed E-state index contributed by atoms with van der Waals surface area (Å²) in [5.41, 5.74) is 6.69. The number of carbonyl (C=O) groups is 1. The van der Waals surface area contributed by atoms with Crippen molar-refractivity contribution in [1.29, 1.82) is 0 Å². The lowest BCUT2D eigenvalue weighted by molar-refractivity contribution is -0.114. The van der Waals surface area contributed by atoms with E-state index in [0.29, 0.717) is 55.0 Å². The molecule has 1 saturated heterocycles. The van der Waals surface area contributed by atoms with E-state index in [4.69, 9.17) is 14.1 Å². The van der Waals surface area contributed by atoms with Crippen LogP contribution in [0, 0.1) is 12.8 Å². The monoisotopic (exact) mass is 636 g/mol. The second-order valence-electron chi connectivity index (χ2n) is 12.3. The van der Waals surface area contributed by atoms with Gasteiger partial charge in [-0.2, -0.15) is 0 Å². The Balaban J connectivity index is 0.00000105. The predicted octanol–water partition coefficient (Wildman–Crippen LogP) is 8.62. The highest BCUT2D eigenvalue weighted by Crippen LogP contribution is 2.51. The van der Waals surface area contributed by atoms with Gasteiger partial charge in [0.15, 0.2) is 17.1 Å². The first-order chi connectivity index (χ1) is 22.8. The van der Waals surface area contributed by atoms with Crippen LogP contribution in [0.3, 0.4) is 0 Å². The molecule has 2 fully saturated rings. The average molecular weight is 637 g/mol. The average Bonchev–Trinajstić information content (AvgIpc) is 3.74. The fourth-order valence-electron chi connectivity index (χ4n) is 7.20. The Morgan fingerprint density at radius 1 is 0.979 bits per heavy atom. The van der Waals surface area contributed by atoms with Crippen LogP contribution in [0.15, 0.2) is 63.4 Å². The number of aromatic nitrogens is 2. The van der Waals surface area contributed by atoms with E-state index >= 15 is 0 Å². The maximum atomic E-state index is 12.9. The van der Waals surface area contributed by atoms with E-state index in [2.05, 4.69) is 47.2 Å². The number of hydrogen-bond acceptors (Lipinski definition) is 8. The molecule has 1 atom stereocenters.